The van der Waals surface area contributed by atoms with E-state index in [9.17, 15) is 4.79 Å². The standard InChI is InChI=1S/C22H27N3O2/c1-14-9-10-15(2)22-21(14)17(16(3)24-22)12-20(26)25(4)19(13-27-5)18-8-6-7-11-23-18/h6-11,19,24H,12-13H2,1-5H3/t19-/m0/s1. The zero-order valence-electron chi connectivity index (χ0n) is 16.7. The zero-order valence-corrected chi connectivity index (χ0v) is 16.7. The second kappa shape index (κ2) is 7.92. The molecule has 0 aliphatic rings. The van der Waals surface area contributed by atoms with E-state index in [2.05, 4.69) is 35.9 Å². The number of rotatable bonds is 6. The van der Waals surface area contributed by atoms with Gasteiger partial charge in [0, 0.05) is 37.0 Å². The third-order valence-corrected chi connectivity index (χ3v) is 5.23. The highest BCUT2D eigenvalue weighted by Gasteiger charge is 2.24. The molecule has 0 bridgehead atoms. The molecule has 0 spiro atoms. The maximum Gasteiger partial charge on any atom is 0.227 e. The molecule has 1 N–H and O–H groups in total. The van der Waals surface area contributed by atoms with Crippen LogP contribution < -0.4 is 0 Å². The van der Waals surface area contributed by atoms with E-state index >= 15 is 0 Å². The molecule has 0 aliphatic heterocycles. The average molecular weight is 365 g/mol. The molecule has 5 nitrogen and oxygen atoms in total. The molecule has 0 aliphatic carbocycles. The Morgan fingerprint density at radius 1 is 1.19 bits per heavy atom. The summed E-state index contributed by atoms with van der Waals surface area (Å²) in [6.07, 6.45) is 2.09. The fourth-order valence-electron chi connectivity index (χ4n) is 3.61. The van der Waals surface area contributed by atoms with Crippen LogP contribution in [0.25, 0.3) is 10.9 Å². The Labute approximate surface area is 160 Å². The van der Waals surface area contributed by atoms with Gasteiger partial charge in [-0.3, -0.25) is 9.78 Å². The highest BCUT2D eigenvalue weighted by molar-refractivity contribution is 5.93. The van der Waals surface area contributed by atoms with Gasteiger partial charge in [-0.25, -0.2) is 0 Å². The summed E-state index contributed by atoms with van der Waals surface area (Å²) in [6, 6.07) is 9.75. The smallest absolute Gasteiger partial charge is 0.227 e. The Balaban J connectivity index is 1.91. The lowest BCUT2D eigenvalue weighted by atomic mass is 10.0. The van der Waals surface area contributed by atoms with Gasteiger partial charge in [-0.1, -0.05) is 18.2 Å². The van der Waals surface area contributed by atoms with Gasteiger partial charge in [-0.05, 0) is 49.6 Å². The molecule has 3 aromatic rings. The zero-order chi connectivity index (χ0) is 19.6. The second-order valence-electron chi connectivity index (χ2n) is 7.09. The van der Waals surface area contributed by atoms with E-state index in [0.717, 1.165) is 27.9 Å². The molecular weight excluding hydrogens is 338 g/mol. The summed E-state index contributed by atoms with van der Waals surface area (Å²) in [4.78, 5) is 22.7. The molecule has 0 saturated heterocycles. The van der Waals surface area contributed by atoms with Gasteiger partial charge in [0.15, 0.2) is 0 Å². The van der Waals surface area contributed by atoms with Crippen LogP contribution in [0.1, 0.15) is 34.1 Å². The van der Waals surface area contributed by atoms with Crippen LogP contribution in [0.15, 0.2) is 36.5 Å². The van der Waals surface area contributed by atoms with Crippen molar-refractivity contribution < 1.29 is 9.53 Å². The molecule has 27 heavy (non-hydrogen) atoms. The Kier molecular flexibility index (Phi) is 5.61. The number of H-pyrrole nitrogens is 1. The van der Waals surface area contributed by atoms with Crippen molar-refractivity contribution in [3.63, 3.8) is 0 Å². The van der Waals surface area contributed by atoms with E-state index in [0.29, 0.717) is 13.0 Å². The quantitative estimate of drug-likeness (QED) is 0.721. The third-order valence-electron chi connectivity index (χ3n) is 5.23. The summed E-state index contributed by atoms with van der Waals surface area (Å²) in [7, 11) is 3.47. The van der Waals surface area contributed by atoms with E-state index in [1.54, 1.807) is 18.2 Å². The molecule has 2 aromatic heterocycles. The monoisotopic (exact) mass is 365 g/mol. The summed E-state index contributed by atoms with van der Waals surface area (Å²) in [5, 5.41) is 1.16. The van der Waals surface area contributed by atoms with Gasteiger partial charge < -0.3 is 14.6 Å². The number of likely N-dealkylation sites (N-methyl/N-ethyl adjacent to an activating group) is 1. The number of nitrogens with one attached hydrogen (secondary N) is 1. The number of aromatic nitrogens is 2. The highest BCUT2D eigenvalue weighted by atomic mass is 16.5. The van der Waals surface area contributed by atoms with E-state index in [1.165, 1.54) is 11.1 Å². The maximum absolute atomic E-state index is 13.1. The van der Waals surface area contributed by atoms with Crippen LogP contribution in [-0.4, -0.2) is 41.5 Å². The van der Waals surface area contributed by atoms with Gasteiger partial charge in [-0.2, -0.15) is 0 Å². The highest BCUT2D eigenvalue weighted by Crippen LogP contribution is 2.29. The van der Waals surface area contributed by atoms with Crippen molar-refractivity contribution in [3.8, 4) is 0 Å². The number of amides is 1. The van der Waals surface area contributed by atoms with Crippen molar-refractivity contribution in [2.24, 2.45) is 0 Å². The molecule has 0 fully saturated rings. The van der Waals surface area contributed by atoms with Crippen molar-refractivity contribution in [3.05, 3.63) is 64.6 Å². The topological polar surface area (TPSA) is 58.2 Å². The predicted molar refractivity (Wildman–Crippen MR) is 108 cm³/mol. The Bertz CT molecular complexity index is 947. The first kappa shape index (κ1) is 19.1. The molecular formula is C22H27N3O2. The number of carbonyl (C=O) groups excluding carboxylic acids is 1. The molecule has 0 unspecified atom stereocenters. The molecule has 142 valence electrons. The molecule has 5 heteroatoms. The molecule has 1 atom stereocenters. The van der Waals surface area contributed by atoms with Crippen LogP contribution in [0, 0.1) is 20.8 Å². The first-order valence-electron chi connectivity index (χ1n) is 9.17. The van der Waals surface area contributed by atoms with Gasteiger partial charge in [0.25, 0.3) is 0 Å². The molecule has 1 aromatic carbocycles. The number of fused-ring (bicyclic) bond motifs is 1. The Hall–Kier alpha value is -2.66. The fraction of sp³-hybridized carbons (Fsp3) is 0.364. The van der Waals surface area contributed by atoms with E-state index in [4.69, 9.17) is 4.74 Å². The Morgan fingerprint density at radius 3 is 2.59 bits per heavy atom. The normalized spacial score (nSPS) is 12.3. The lowest BCUT2D eigenvalue weighted by Crippen LogP contribution is -2.35. The second-order valence-corrected chi connectivity index (χ2v) is 7.09. The summed E-state index contributed by atoms with van der Waals surface area (Å²) in [5.74, 6) is 0.0487. The number of benzene rings is 1. The first-order chi connectivity index (χ1) is 12.9. The molecule has 3 rings (SSSR count). The number of aryl methyl sites for hydroxylation is 3. The van der Waals surface area contributed by atoms with Gasteiger partial charge in [0.2, 0.25) is 5.91 Å². The van der Waals surface area contributed by atoms with Gasteiger partial charge in [0.05, 0.1) is 24.8 Å². The SMILES string of the molecule is COC[C@@H](c1ccccn1)N(C)C(=O)Cc1c(C)[nH]c2c(C)ccc(C)c12. The summed E-state index contributed by atoms with van der Waals surface area (Å²) in [6.45, 7) is 6.62. The number of pyridine rings is 1. The van der Waals surface area contributed by atoms with Crippen LogP contribution in [0.5, 0.6) is 0 Å². The number of ether oxygens (including phenoxy) is 1. The first-order valence-corrected chi connectivity index (χ1v) is 9.17. The number of aromatic amines is 1. The molecule has 0 radical (unpaired) electrons. The van der Waals surface area contributed by atoms with Crippen LogP contribution in [0.2, 0.25) is 0 Å². The number of methoxy groups -OCH3 is 1. The number of carbonyl (C=O) groups is 1. The minimum absolute atomic E-state index is 0.0487. The molecule has 2 heterocycles. The van der Waals surface area contributed by atoms with Crippen molar-refractivity contribution in [2.75, 3.05) is 20.8 Å². The van der Waals surface area contributed by atoms with Gasteiger partial charge in [-0.15, -0.1) is 0 Å². The summed E-state index contributed by atoms with van der Waals surface area (Å²) < 4.78 is 5.35. The molecule has 0 saturated carbocycles. The minimum atomic E-state index is -0.211. The number of nitrogens with zero attached hydrogens (tertiary/aromatic N) is 2. The van der Waals surface area contributed by atoms with E-state index in [1.807, 2.05) is 32.2 Å². The van der Waals surface area contributed by atoms with Crippen molar-refractivity contribution >= 4 is 16.8 Å². The summed E-state index contributed by atoms with van der Waals surface area (Å²) >= 11 is 0. The van der Waals surface area contributed by atoms with E-state index < -0.39 is 0 Å². The van der Waals surface area contributed by atoms with Gasteiger partial charge in [0.1, 0.15) is 0 Å². The van der Waals surface area contributed by atoms with Crippen LogP contribution in [-0.2, 0) is 16.0 Å². The maximum atomic E-state index is 13.1. The van der Waals surface area contributed by atoms with Crippen LogP contribution in [0.3, 0.4) is 0 Å². The average Bonchev–Trinajstić information content (AvgIpc) is 3.00. The van der Waals surface area contributed by atoms with Crippen molar-refractivity contribution in [1.29, 1.82) is 0 Å². The van der Waals surface area contributed by atoms with Crippen molar-refractivity contribution in [2.45, 2.75) is 33.2 Å². The largest absolute Gasteiger partial charge is 0.382 e. The fourth-order valence-corrected chi connectivity index (χ4v) is 3.61. The van der Waals surface area contributed by atoms with Crippen molar-refractivity contribution in [1.82, 2.24) is 14.9 Å². The molecule has 1 amide bonds. The predicted octanol–water partition coefficient (Wildman–Crippen LogP) is 3.88. The van der Waals surface area contributed by atoms with E-state index in [-0.39, 0.29) is 11.9 Å². The minimum Gasteiger partial charge on any atom is -0.382 e. The van der Waals surface area contributed by atoms with Crippen LogP contribution >= 0.6 is 0 Å². The summed E-state index contributed by atoms with van der Waals surface area (Å²) in [5.41, 5.74) is 6.44. The number of hydrogen-bond acceptors (Lipinski definition) is 3. The lowest BCUT2D eigenvalue weighted by Gasteiger charge is -2.27. The number of hydrogen-bond donors (Lipinski definition) is 1. The lowest BCUT2D eigenvalue weighted by molar-refractivity contribution is -0.132. The van der Waals surface area contributed by atoms with Gasteiger partial charge >= 0.3 is 0 Å². The van der Waals surface area contributed by atoms with Crippen LogP contribution in [0.4, 0.5) is 0 Å². The third kappa shape index (κ3) is 3.74. The Morgan fingerprint density at radius 2 is 1.93 bits per heavy atom.